The van der Waals surface area contributed by atoms with Gasteiger partial charge in [-0.05, 0) is 59.7 Å². The van der Waals surface area contributed by atoms with Crippen LogP contribution in [0, 0.1) is 31.0 Å². The lowest BCUT2D eigenvalue weighted by Gasteiger charge is -2.21. The Morgan fingerprint density at radius 1 is 1.40 bits per heavy atom. The molecule has 1 aromatic heterocycles. The summed E-state index contributed by atoms with van der Waals surface area (Å²) >= 11 is 0. The van der Waals surface area contributed by atoms with Gasteiger partial charge in [-0.2, -0.15) is 4.99 Å². The van der Waals surface area contributed by atoms with E-state index in [1.165, 1.54) is 12.1 Å². The minimum Gasteiger partial charge on any atom is -0.376 e. The fourth-order valence-corrected chi connectivity index (χ4v) is 2.94. The zero-order chi connectivity index (χ0) is 18.0. The molecule has 0 aliphatic heterocycles. The van der Waals surface area contributed by atoms with Gasteiger partial charge in [-0.15, -0.1) is 6.42 Å². The monoisotopic (exact) mass is 333 g/mol. The van der Waals surface area contributed by atoms with Gasteiger partial charge in [0.15, 0.2) is 5.84 Å². The summed E-state index contributed by atoms with van der Waals surface area (Å²) in [6.45, 7) is 1.94. The van der Waals surface area contributed by atoms with Crippen LogP contribution in [0.4, 0.5) is 4.39 Å². The Hall–Kier alpha value is -3.26. The fourth-order valence-electron chi connectivity index (χ4n) is 2.94. The summed E-state index contributed by atoms with van der Waals surface area (Å²) in [4.78, 5) is 20.4. The molecule has 0 spiro atoms. The zero-order valence-electron chi connectivity index (χ0n) is 13.7. The molecule has 1 aliphatic rings. The summed E-state index contributed by atoms with van der Waals surface area (Å²) in [5.74, 6) is 0.870. The molecule has 4 nitrogen and oxygen atoms in total. The summed E-state index contributed by atoms with van der Waals surface area (Å²) < 4.78 is 13.3. The van der Waals surface area contributed by atoms with Crippen LogP contribution >= 0.6 is 0 Å². The second kappa shape index (κ2) is 6.70. The van der Waals surface area contributed by atoms with E-state index in [1.54, 1.807) is 30.5 Å². The predicted octanol–water partition coefficient (Wildman–Crippen LogP) is 2.90. The van der Waals surface area contributed by atoms with Crippen LogP contribution in [0.3, 0.4) is 0 Å². The Kier molecular flexibility index (Phi) is 4.44. The molecule has 0 saturated heterocycles. The van der Waals surface area contributed by atoms with E-state index >= 15 is 0 Å². The van der Waals surface area contributed by atoms with Crippen molar-refractivity contribution in [2.24, 2.45) is 16.6 Å². The van der Waals surface area contributed by atoms with Gasteiger partial charge in [-0.1, -0.05) is 18.2 Å². The van der Waals surface area contributed by atoms with E-state index in [9.17, 15) is 9.18 Å². The highest BCUT2D eigenvalue weighted by molar-refractivity contribution is 6.04. The lowest BCUT2D eigenvalue weighted by molar-refractivity contribution is -0.120. The Morgan fingerprint density at radius 3 is 2.80 bits per heavy atom. The van der Waals surface area contributed by atoms with E-state index in [-0.39, 0.29) is 17.6 Å². The Balaban J connectivity index is 2.04. The first-order chi connectivity index (χ1) is 12.0. The number of aromatic nitrogens is 1. The highest BCUT2D eigenvalue weighted by Gasteiger charge is 2.24. The minimum absolute atomic E-state index is 0.134. The number of aliphatic imine (C=N–C) groups is 1. The number of hydrogen-bond donors (Lipinski definition) is 1. The van der Waals surface area contributed by atoms with Crippen molar-refractivity contribution < 1.29 is 9.18 Å². The maximum absolute atomic E-state index is 13.3. The van der Waals surface area contributed by atoms with Crippen molar-refractivity contribution in [2.75, 3.05) is 0 Å². The van der Waals surface area contributed by atoms with Crippen LogP contribution in [0.5, 0.6) is 0 Å². The number of terminal acetylenes is 1. The van der Waals surface area contributed by atoms with Crippen LogP contribution in [-0.2, 0) is 11.2 Å². The highest BCUT2D eigenvalue weighted by Crippen LogP contribution is 2.34. The first-order valence-corrected chi connectivity index (χ1v) is 7.77. The molecule has 1 amide bonds. The highest BCUT2D eigenvalue weighted by atomic mass is 19.1. The molecule has 3 rings (SSSR count). The van der Waals surface area contributed by atoms with Crippen molar-refractivity contribution >= 4 is 17.8 Å². The number of carbonyl (C=O) groups excluding carboxylic acids is 1. The standard InChI is InChI=1S/C20H16FN3O/c1-3-18(22)24-20(25)14-6-9-17-16(10-14)19(12(2)11-23-17)13-4-7-15(21)8-5-13/h1,4-9,11,14H,10H2,2H3,(H2,22,24,25). The van der Waals surface area contributed by atoms with Crippen molar-refractivity contribution in [3.8, 4) is 23.5 Å². The number of amidine groups is 1. The fraction of sp³-hybridized carbons (Fsp3) is 0.150. The number of pyridine rings is 1. The molecule has 1 unspecified atom stereocenters. The van der Waals surface area contributed by atoms with Gasteiger partial charge < -0.3 is 5.73 Å². The number of fused-ring (bicyclic) bond motifs is 1. The number of hydrogen-bond acceptors (Lipinski definition) is 2. The quantitative estimate of drug-likeness (QED) is 0.522. The van der Waals surface area contributed by atoms with Gasteiger partial charge in [0, 0.05) is 6.20 Å². The topological polar surface area (TPSA) is 68.3 Å². The zero-order valence-corrected chi connectivity index (χ0v) is 13.7. The van der Waals surface area contributed by atoms with Crippen molar-refractivity contribution in [1.82, 2.24) is 4.98 Å². The van der Waals surface area contributed by atoms with Gasteiger partial charge in [0.25, 0.3) is 5.91 Å². The average Bonchev–Trinajstić information content (AvgIpc) is 2.62. The van der Waals surface area contributed by atoms with Gasteiger partial charge >= 0.3 is 0 Å². The number of amides is 1. The number of nitrogens with two attached hydrogens (primary N) is 1. The van der Waals surface area contributed by atoms with E-state index < -0.39 is 5.92 Å². The van der Waals surface area contributed by atoms with E-state index in [4.69, 9.17) is 12.2 Å². The maximum atomic E-state index is 13.3. The predicted molar refractivity (Wildman–Crippen MR) is 96.1 cm³/mol. The average molecular weight is 333 g/mol. The van der Waals surface area contributed by atoms with Crippen molar-refractivity contribution in [3.63, 3.8) is 0 Å². The molecule has 0 saturated carbocycles. The van der Waals surface area contributed by atoms with Crippen LogP contribution in [0.25, 0.3) is 17.2 Å². The summed E-state index contributed by atoms with van der Waals surface area (Å²) in [6.07, 6.45) is 10.9. The number of benzene rings is 1. The molecular weight excluding hydrogens is 317 g/mol. The van der Waals surface area contributed by atoms with Gasteiger partial charge in [-0.3, -0.25) is 9.78 Å². The Bertz CT molecular complexity index is 937. The van der Waals surface area contributed by atoms with Gasteiger partial charge in [0.1, 0.15) is 5.82 Å². The molecule has 2 aromatic rings. The molecule has 2 N–H and O–H groups in total. The second-order valence-electron chi connectivity index (χ2n) is 5.84. The minimum atomic E-state index is -0.456. The largest absolute Gasteiger partial charge is 0.376 e. The van der Waals surface area contributed by atoms with Crippen LogP contribution < -0.4 is 5.73 Å². The van der Waals surface area contributed by atoms with Crippen molar-refractivity contribution in [2.45, 2.75) is 13.3 Å². The lowest BCUT2D eigenvalue weighted by Crippen LogP contribution is -2.21. The SMILES string of the molecule is C#C/C(N)=N\C(=O)C1C=Cc2ncc(C)c(-c3ccc(F)cc3)c2C1. The number of rotatable bonds is 2. The van der Waals surface area contributed by atoms with Gasteiger partial charge in [-0.25, -0.2) is 4.39 Å². The molecule has 25 heavy (non-hydrogen) atoms. The summed E-state index contributed by atoms with van der Waals surface area (Å²) in [7, 11) is 0. The molecule has 0 fully saturated rings. The van der Waals surface area contributed by atoms with E-state index in [0.717, 1.165) is 27.9 Å². The molecule has 1 atom stereocenters. The van der Waals surface area contributed by atoms with Crippen LogP contribution in [0.15, 0.2) is 41.5 Å². The van der Waals surface area contributed by atoms with Gasteiger partial charge in [0.2, 0.25) is 0 Å². The number of nitrogens with zero attached hydrogens (tertiary/aromatic N) is 2. The smallest absolute Gasteiger partial charge is 0.255 e. The van der Waals surface area contributed by atoms with Crippen molar-refractivity contribution in [1.29, 1.82) is 0 Å². The number of carbonyl (C=O) groups is 1. The molecule has 0 radical (unpaired) electrons. The Morgan fingerprint density at radius 2 is 2.12 bits per heavy atom. The van der Waals surface area contributed by atoms with Gasteiger partial charge in [0.05, 0.1) is 11.6 Å². The van der Waals surface area contributed by atoms with Crippen molar-refractivity contribution in [3.05, 3.63) is 59.2 Å². The third-order valence-corrected chi connectivity index (χ3v) is 4.14. The van der Waals surface area contributed by atoms with E-state index in [0.29, 0.717) is 6.42 Å². The summed E-state index contributed by atoms with van der Waals surface area (Å²) in [5, 5.41) is 0. The molecule has 1 heterocycles. The molecule has 124 valence electrons. The third kappa shape index (κ3) is 3.33. The summed E-state index contributed by atoms with van der Waals surface area (Å²) in [5.41, 5.74) is 9.98. The molecule has 0 bridgehead atoms. The molecule has 1 aliphatic carbocycles. The molecule has 5 heteroatoms. The normalized spacial score (nSPS) is 16.2. The van der Waals surface area contributed by atoms with E-state index in [2.05, 4.69) is 15.9 Å². The number of aryl methyl sites for hydroxylation is 1. The first kappa shape index (κ1) is 16.6. The summed E-state index contributed by atoms with van der Waals surface area (Å²) in [6, 6.07) is 6.28. The van der Waals surface area contributed by atoms with E-state index in [1.807, 2.05) is 6.92 Å². The third-order valence-electron chi connectivity index (χ3n) is 4.14. The van der Waals surface area contributed by atoms with Crippen LogP contribution in [0.1, 0.15) is 16.8 Å². The molecular formula is C20H16FN3O. The number of halogens is 1. The maximum Gasteiger partial charge on any atom is 0.255 e. The molecule has 1 aromatic carbocycles. The van der Waals surface area contributed by atoms with Crippen LogP contribution in [0.2, 0.25) is 0 Å². The Labute approximate surface area is 145 Å². The second-order valence-corrected chi connectivity index (χ2v) is 5.84. The lowest BCUT2D eigenvalue weighted by atomic mass is 9.85. The first-order valence-electron chi connectivity index (χ1n) is 7.77. The van der Waals surface area contributed by atoms with Crippen LogP contribution in [-0.4, -0.2) is 16.7 Å².